The summed E-state index contributed by atoms with van der Waals surface area (Å²) in [6, 6.07) is 14.6. The van der Waals surface area contributed by atoms with E-state index in [1.165, 1.54) is 4.90 Å². The fourth-order valence-corrected chi connectivity index (χ4v) is 3.23. The molecule has 1 aliphatic heterocycles. The van der Waals surface area contributed by atoms with Gasteiger partial charge in [-0.05, 0) is 43.0 Å². The van der Waals surface area contributed by atoms with Gasteiger partial charge in [0.1, 0.15) is 5.75 Å². The monoisotopic (exact) mass is 328 g/mol. The first-order chi connectivity index (χ1) is 11.1. The number of rotatable bonds is 4. The number of hydrogen-bond donors (Lipinski definition) is 1. The molecule has 5 nitrogen and oxygen atoms in total. The van der Waals surface area contributed by atoms with Gasteiger partial charge in [0, 0.05) is 0 Å². The van der Waals surface area contributed by atoms with Crippen LogP contribution in [0.25, 0.3) is 0 Å². The third-order valence-electron chi connectivity index (χ3n) is 3.53. The van der Waals surface area contributed by atoms with Crippen LogP contribution in [0.15, 0.2) is 48.5 Å². The van der Waals surface area contributed by atoms with Gasteiger partial charge in [-0.1, -0.05) is 29.8 Å². The Kier molecular flexibility index (Phi) is 4.25. The quantitative estimate of drug-likeness (QED) is 0.928. The van der Waals surface area contributed by atoms with Crippen molar-refractivity contribution in [3.05, 3.63) is 54.1 Å². The Labute approximate surface area is 138 Å². The maximum atomic E-state index is 12.6. The van der Waals surface area contributed by atoms with Crippen molar-refractivity contribution in [1.82, 2.24) is 0 Å². The van der Waals surface area contributed by atoms with Gasteiger partial charge in [0.05, 0.1) is 18.5 Å². The molecule has 118 valence electrons. The fourth-order valence-electron chi connectivity index (χ4n) is 2.33. The normalized spacial score (nSPS) is 17.5. The third-order valence-corrected chi connectivity index (χ3v) is 4.47. The minimum atomic E-state index is -0.667. The summed E-state index contributed by atoms with van der Waals surface area (Å²) in [5, 5.41) is 2.13. The Morgan fingerprint density at radius 3 is 2.48 bits per heavy atom. The number of carbonyl (C=O) groups excluding carboxylic acids is 2. The summed E-state index contributed by atoms with van der Waals surface area (Å²) < 4.78 is 5.26. The van der Waals surface area contributed by atoms with Crippen LogP contribution in [0.5, 0.6) is 5.75 Å². The van der Waals surface area contributed by atoms with Crippen LogP contribution in [0.1, 0.15) is 5.56 Å². The lowest BCUT2D eigenvalue weighted by Crippen LogP contribution is -2.34. The molecular weight excluding hydrogens is 312 g/mol. The summed E-state index contributed by atoms with van der Waals surface area (Å²) in [5.74, 6) is 0.344. The number of nitrogens with zero attached hydrogens (tertiary/aromatic N) is 1. The highest BCUT2D eigenvalue weighted by atomic mass is 32.2. The number of imide groups is 1. The van der Waals surface area contributed by atoms with Crippen LogP contribution in [0, 0.1) is 6.92 Å². The number of nitrogens with one attached hydrogen (secondary N) is 1. The number of hydrogen-bond acceptors (Lipinski definition) is 5. The average molecular weight is 328 g/mol. The molecule has 3 rings (SSSR count). The third kappa shape index (κ3) is 3.03. The molecule has 23 heavy (non-hydrogen) atoms. The number of aryl methyl sites for hydroxylation is 1. The molecule has 2 aromatic rings. The fraction of sp³-hybridized carbons (Fsp3) is 0.176. The molecule has 0 bridgehead atoms. The highest BCUT2D eigenvalue weighted by Gasteiger charge is 2.40. The first-order valence-electron chi connectivity index (χ1n) is 7.11. The van der Waals surface area contributed by atoms with Crippen LogP contribution >= 0.6 is 11.8 Å². The number of ether oxygens (including phenoxy) is 1. The van der Waals surface area contributed by atoms with Gasteiger partial charge >= 0.3 is 0 Å². The van der Waals surface area contributed by atoms with Crippen molar-refractivity contribution >= 4 is 34.3 Å². The maximum Gasteiger partial charge on any atom is 0.295 e. The summed E-state index contributed by atoms with van der Waals surface area (Å²) >= 11 is 0.966. The number of benzene rings is 2. The van der Waals surface area contributed by atoms with E-state index in [-0.39, 0.29) is 11.1 Å². The van der Waals surface area contributed by atoms with Gasteiger partial charge in [0.25, 0.3) is 11.1 Å². The van der Waals surface area contributed by atoms with Gasteiger partial charge in [-0.2, -0.15) is 0 Å². The largest absolute Gasteiger partial charge is 0.495 e. The second-order valence-electron chi connectivity index (χ2n) is 5.12. The zero-order valence-corrected chi connectivity index (χ0v) is 13.6. The molecule has 1 heterocycles. The van der Waals surface area contributed by atoms with E-state index in [0.29, 0.717) is 17.1 Å². The minimum Gasteiger partial charge on any atom is -0.495 e. The van der Waals surface area contributed by atoms with E-state index in [9.17, 15) is 9.59 Å². The Balaban J connectivity index is 1.82. The molecule has 1 unspecified atom stereocenters. The van der Waals surface area contributed by atoms with E-state index in [1.807, 2.05) is 37.3 Å². The summed E-state index contributed by atoms with van der Waals surface area (Å²) in [6.07, 6.45) is 0. The second kappa shape index (κ2) is 6.34. The molecule has 1 atom stereocenters. The highest BCUT2D eigenvalue weighted by molar-refractivity contribution is 8.16. The van der Waals surface area contributed by atoms with Crippen LogP contribution in [0.3, 0.4) is 0 Å². The molecule has 0 saturated carbocycles. The Hall–Kier alpha value is -2.47. The molecule has 1 fully saturated rings. The van der Waals surface area contributed by atoms with Gasteiger partial charge < -0.3 is 10.1 Å². The minimum absolute atomic E-state index is 0.283. The van der Waals surface area contributed by atoms with Crippen molar-refractivity contribution in [2.75, 3.05) is 17.3 Å². The van der Waals surface area contributed by atoms with Gasteiger partial charge in [-0.15, -0.1) is 0 Å². The first-order valence-corrected chi connectivity index (χ1v) is 7.99. The predicted molar refractivity (Wildman–Crippen MR) is 92.1 cm³/mol. The summed E-state index contributed by atoms with van der Waals surface area (Å²) in [5.41, 5.74) is 2.34. The topological polar surface area (TPSA) is 58.6 Å². The Bertz CT molecular complexity index is 746. The van der Waals surface area contributed by atoms with Gasteiger partial charge in [0.2, 0.25) is 0 Å². The molecule has 0 aromatic heterocycles. The van der Waals surface area contributed by atoms with Crippen LogP contribution in [-0.2, 0) is 4.79 Å². The molecule has 0 aliphatic carbocycles. The van der Waals surface area contributed by atoms with Crippen molar-refractivity contribution in [1.29, 1.82) is 0 Å². The number of carbonyl (C=O) groups is 2. The van der Waals surface area contributed by atoms with E-state index in [0.717, 1.165) is 17.3 Å². The lowest BCUT2D eigenvalue weighted by atomic mass is 10.2. The molecule has 1 aliphatic rings. The smallest absolute Gasteiger partial charge is 0.295 e. The van der Waals surface area contributed by atoms with Crippen molar-refractivity contribution < 1.29 is 14.3 Å². The van der Waals surface area contributed by atoms with E-state index < -0.39 is 5.37 Å². The zero-order valence-electron chi connectivity index (χ0n) is 12.8. The van der Waals surface area contributed by atoms with Gasteiger partial charge in [-0.3, -0.25) is 9.59 Å². The molecule has 1 N–H and O–H groups in total. The number of methoxy groups -OCH3 is 1. The molecular formula is C17H16N2O3S. The molecule has 6 heteroatoms. The number of anilines is 2. The van der Waals surface area contributed by atoms with E-state index >= 15 is 0 Å². The van der Waals surface area contributed by atoms with Gasteiger partial charge in [-0.25, -0.2) is 4.90 Å². The standard InChI is InChI=1S/C17H16N2O3S/c1-11-7-9-12(10-8-11)19-16(20)15(23-17(19)21)18-13-5-3-4-6-14(13)22-2/h3-10,15,18H,1-2H3. The first kappa shape index (κ1) is 15.4. The predicted octanol–water partition coefficient (Wildman–Crippen LogP) is 3.64. The summed E-state index contributed by atoms with van der Waals surface area (Å²) in [6.45, 7) is 1.96. The van der Waals surface area contributed by atoms with Crippen molar-refractivity contribution in [3.63, 3.8) is 0 Å². The molecule has 0 radical (unpaired) electrons. The lowest BCUT2D eigenvalue weighted by molar-refractivity contribution is -0.116. The van der Waals surface area contributed by atoms with Gasteiger partial charge in [0.15, 0.2) is 5.37 Å². The SMILES string of the molecule is COc1ccccc1NC1SC(=O)N(c2ccc(C)cc2)C1=O. The van der Waals surface area contributed by atoms with E-state index in [2.05, 4.69) is 5.32 Å². The van der Waals surface area contributed by atoms with Crippen molar-refractivity contribution in [3.8, 4) is 5.75 Å². The lowest BCUT2D eigenvalue weighted by Gasteiger charge is -2.16. The van der Waals surface area contributed by atoms with E-state index in [4.69, 9.17) is 4.74 Å². The van der Waals surface area contributed by atoms with Crippen LogP contribution in [0.2, 0.25) is 0 Å². The second-order valence-corrected chi connectivity index (χ2v) is 6.17. The van der Waals surface area contributed by atoms with Crippen molar-refractivity contribution in [2.45, 2.75) is 12.3 Å². The van der Waals surface area contributed by atoms with Crippen LogP contribution in [0.4, 0.5) is 16.2 Å². The van der Waals surface area contributed by atoms with Crippen LogP contribution < -0.4 is 15.0 Å². The molecule has 2 aromatic carbocycles. The number of thioether (sulfide) groups is 1. The highest BCUT2D eigenvalue weighted by Crippen LogP contribution is 2.34. The Morgan fingerprint density at radius 1 is 1.09 bits per heavy atom. The molecule has 2 amide bonds. The summed E-state index contributed by atoms with van der Waals surface area (Å²) in [4.78, 5) is 26.0. The zero-order chi connectivity index (χ0) is 16.4. The van der Waals surface area contributed by atoms with E-state index in [1.54, 1.807) is 25.3 Å². The van der Waals surface area contributed by atoms with Crippen LogP contribution in [-0.4, -0.2) is 23.6 Å². The van der Waals surface area contributed by atoms with Crippen molar-refractivity contribution in [2.24, 2.45) is 0 Å². The number of para-hydroxylation sites is 2. The molecule has 1 saturated heterocycles. The Morgan fingerprint density at radius 2 is 1.78 bits per heavy atom. The number of amides is 2. The molecule has 0 spiro atoms. The maximum absolute atomic E-state index is 12.6. The summed E-state index contributed by atoms with van der Waals surface area (Å²) in [7, 11) is 1.56. The average Bonchev–Trinajstić information content (AvgIpc) is 2.83.